The van der Waals surface area contributed by atoms with Gasteiger partial charge in [-0.1, -0.05) is 50.0 Å². The van der Waals surface area contributed by atoms with Gasteiger partial charge in [0.05, 0.1) is 22.7 Å². The van der Waals surface area contributed by atoms with Crippen molar-refractivity contribution in [3.05, 3.63) is 80.7 Å². The van der Waals surface area contributed by atoms with E-state index in [2.05, 4.69) is 36.1 Å². The molecule has 2 N–H and O–H groups in total. The molecule has 1 amide bonds. The molecule has 7 nitrogen and oxygen atoms in total. The molecule has 0 saturated heterocycles. The van der Waals surface area contributed by atoms with E-state index in [1.54, 1.807) is 30.0 Å². The van der Waals surface area contributed by atoms with Crippen molar-refractivity contribution in [2.45, 2.75) is 44.1 Å². The fourth-order valence-electron chi connectivity index (χ4n) is 3.44. The summed E-state index contributed by atoms with van der Waals surface area (Å²) in [6, 6.07) is 12.2. The van der Waals surface area contributed by atoms with Crippen LogP contribution in [0.15, 0.2) is 42.5 Å². The molecule has 10 heteroatoms. The Bertz CT molecular complexity index is 1310. The summed E-state index contributed by atoms with van der Waals surface area (Å²) in [5.41, 5.74) is 3.45. The van der Waals surface area contributed by atoms with Crippen LogP contribution in [0.25, 0.3) is 0 Å². The number of aliphatic carboxylic acids is 1. The van der Waals surface area contributed by atoms with Gasteiger partial charge in [0, 0.05) is 47.8 Å². The topological polar surface area (TPSA) is 95.4 Å². The third-order valence-electron chi connectivity index (χ3n) is 5.25. The summed E-state index contributed by atoms with van der Waals surface area (Å²) in [5.74, 6) is 0.617. The average Bonchev–Trinajstić information content (AvgIpc) is 2.77. The summed E-state index contributed by atoms with van der Waals surface area (Å²) in [7, 11) is 3.71. The number of aromatic nitrogens is 2. The van der Waals surface area contributed by atoms with Crippen LogP contribution >= 0.6 is 35.0 Å². The predicted octanol–water partition coefficient (Wildman–Crippen LogP) is 6.35. The molecule has 3 aromatic rings. The number of hydrogen-bond acceptors (Lipinski definition) is 6. The van der Waals surface area contributed by atoms with Gasteiger partial charge < -0.3 is 15.3 Å². The molecule has 1 heterocycles. The molecule has 0 radical (unpaired) electrons. The molecule has 0 spiro atoms. The largest absolute Gasteiger partial charge is 0.481 e. The molecule has 0 saturated carbocycles. The van der Waals surface area contributed by atoms with Gasteiger partial charge in [-0.2, -0.15) is 11.8 Å². The Morgan fingerprint density at radius 1 is 1.03 bits per heavy atom. The summed E-state index contributed by atoms with van der Waals surface area (Å²) in [6.45, 7) is 6.44. The maximum atomic E-state index is 12.9. The summed E-state index contributed by atoms with van der Waals surface area (Å²) < 4.78 is 0.0311. The van der Waals surface area contributed by atoms with Crippen LogP contribution in [0.3, 0.4) is 0 Å². The molecule has 0 aliphatic heterocycles. The average molecular weight is 562 g/mol. The van der Waals surface area contributed by atoms with Crippen LogP contribution < -0.4 is 10.2 Å². The van der Waals surface area contributed by atoms with Crippen LogP contribution in [0, 0.1) is 0 Å². The second-order valence-corrected chi connectivity index (χ2v) is 12.4. The second-order valence-electron chi connectivity index (χ2n) is 9.74. The van der Waals surface area contributed by atoms with E-state index in [1.165, 1.54) is 6.07 Å². The first-order valence-electron chi connectivity index (χ1n) is 11.6. The van der Waals surface area contributed by atoms with Crippen LogP contribution in [-0.4, -0.2) is 45.8 Å². The first-order valence-corrected chi connectivity index (χ1v) is 13.3. The lowest BCUT2D eigenvalue weighted by Crippen LogP contribution is -2.15. The Morgan fingerprint density at radius 3 is 2.38 bits per heavy atom. The highest BCUT2D eigenvalue weighted by Gasteiger charge is 2.17. The summed E-state index contributed by atoms with van der Waals surface area (Å²) in [5, 5.41) is 12.9. The van der Waals surface area contributed by atoms with E-state index in [9.17, 15) is 14.7 Å². The van der Waals surface area contributed by atoms with E-state index in [4.69, 9.17) is 23.2 Å². The van der Waals surface area contributed by atoms with E-state index in [1.807, 2.05) is 37.2 Å². The zero-order chi connectivity index (χ0) is 27.3. The lowest BCUT2D eigenvalue weighted by atomic mass is 10.0. The number of carboxylic acid groups (broad SMARTS) is 1. The number of nitrogens with one attached hydrogen (secondary N) is 1. The van der Waals surface area contributed by atoms with E-state index >= 15 is 0 Å². The standard InChI is InChI=1S/C27H30Cl2N4O3S/c1-27(2,3)37-15-17-10-19(31-26(36)21-9-7-18(28)12-22(21)29)8-6-16(17)11-23-30-20(14-25(34)35)13-24(32-23)33(4)5/h6-10,12-13H,11,14-15H2,1-5H3,(H,31,36)(H,34,35). The van der Waals surface area contributed by atoms with Gasteiger partial charge in [0.25, 0.3) is 5.91 Å². The molecular weight excluding hydrogens is 531 g/mol. The third-order valence-corrected chi connectivity index (χ3v) is 7.12. The minimum Gasteiger partial charge on any atom is -0.481 e. The maximum absolute atomic E-state index is 12.9. The van der Waals surface area contributed by atoms with Gasteiger partial charge in [-0.05, 0) is 41.5 Å². The molecule has 0 bridgehead atoms. The van der Waals surface area contributed by atoms with Crippen molar-refractivity contribution in [2.24, 2.45) is 0 Å². The zero-order valence-corrected chi connectivity index (χ0v) is 23.8. The molecule has 196 valence electrons. The van der Waals surface area contributed by atoms with Crippen LogP contribution in [-0.2, 0) is 23.4 Å². The lowest BCUT2D eigenvalue weighted by molar-refractivity contribution is -0.136. The number of carbonyl (C=O) groups excluding carboxylic acids is 1. The fraction of sp³-hybridized carbons (Fsp3) is 0.333. The fourth-order valence-corrected chi connectivity index (χ4v) is 4.79. The lowest BCUT2D eigenvalue weighted by Gasteiger charge is -2.20. The highest BCUT2D eigenvalue weighted by molar-refractivity contribution is 7.99. The minimum atomic E-state index is -0.947. The van der Waals surface area contributed by atoms with Gasteiger partial charge in [-0.25, -0.2) is 9.97 Å². The van der Waals surface area contributed by atoms with Gasteiger partial charge in [0.1, 0.15) is 11.6 Å². The van der Waals surface area contributed by atoms with Crippen molar-refractivity contribution in [2.75, 3.05) is 24.3 Å². The van der Waals surface area contributed by atoms with Gasteiger partial charge >= 0.3 is 5.97 Å². The Morgan fingerprint density at radius 2 is 1.76 bits per heavy atom. The first-order chi connectivity index (χ1) is 17.3. The van der Waals surface area contributed by atoms with Gasteiger partial charge in [-0.15, -0.1) is 0 Å². The van der Waals surface area contributed by atoms with Gasteiger partial charge in [-0.3, -0.25) is 9.59 Å². The van der Waals surface area contributed by atoms with Gasteiger partial charge in [0.2, 0.25) is 0 Å². The number of hydrogen-bond donors (Lipinski definition) is 2. The molecule has 0 unspecified atom stereocenters. The number of benzene rings is 2. The monoisotopic (exact) mass is 560 g/mol. The van der Waals surface area contributed by atoms with E-state index in [0.29, 0.717) is 45.8 Å². The Labute approximate surface area is 231 Å². The Kier molecular flexibility index (Phi) is 9.45. The minimum absolute atomic E-state index is 0.0311. The normalized spacial score (nSPS) is 11.3. The van der Waals surface area contributed by atoms with Crippen LogP contribution in [0.2, 0.25) is 10.0 Å². The van der Waals surface area contributed by atoms with Crippen molar-refractivity contribution in [1.82, 2.24) is 9.97 Å². The molecular formula is C27H30Cl2N4O3S. The Hall–Kier alpha value is -2.81. The van der Waals surface area contributed by atoms with Crippen molar-refractivity contribution in [3.63, 3.8) is 0 Å². The molecule has 0 aliphatic carbocycles. The number of anilines is 2. The number of amides is 1. The molecule has 3 rings (SSSR count). The third kappa shape index (κ3) is 8.62. The summed E-state index contributed by atoms with van der Waals surface area (Å²) in [4.78, 5) is 35.1. The van der Waals surface area contributed by atoms with Crippen LogP contribution in [0.1, 0.15) is 53.8 Å². The number of carboxylic acids is 1. The first kappa shape index (κ1) is 28.8. The predicted molar refractivity (Wildman–Crippen MR) is 152 cm³/mol. The van der Waals surface area contributed by atoms with E-state index in [0.717, 1.165) is 11.1 Å². The van der Waals surface area contributed by atoms with Gasteiger partial charge in [0.15, 0.2) is 0 Å². The number of carbonyl (C=O) groups is 2. The van der Waals surface area contributed by atoms with Crippen LogP contribution in [0.4, 0.5) is 11.5 Å². The summed E-state index contributed by atoms with van der Waals surface area (Å²) >= 11 is 14.0. The zero-order valence-electron chi connectivity index (χ0n) is 21.4. The number of rotatable bonds is 9. The number of nitrogens with zero attached hydrogens (tertiary/aromatic N) is 3. The molecule has 0 atom stereocenters. The highest BCUT2D eigenvalue weighted by Crippen LogP contribution is 2.31. The van der Waals surface area contributed by atoms with Crippen molar-refractivity contribution in [1.29, 1.82) is 0 Å². The molecule has 37 heavy (non-hydrogen) atoms. The van der Waals surface area contributed by atoms with Crippen molar-refractivity contribution >= 4 is 58.3 Å². The summed E-state index contributed by atoms with van der Waals surface area (Å²) in [6.07, 6.45) is 0.243. The SMILES string of the molecule is CN(C)c1cc(CC(=O)O)nc(Cc2ccc(NC(=O)c3ccc(Cl)cc3Cl)cc2CSC(C)(C)C)n1. The maximum Gasteiger partial charge on any atom is 0.309 e. The highest BCUT2D eigenvalue weighted by atomic mass is 35.5. The quantitative estimate of drug-likeness (QED) is 0.314. The molecule has 0 fully saturated rings. The second kappa shape index (κ2) is 12.2. The van der Waals surface area contributed by atoms with Crippen molar-refractivity contribution < 1.29 is 14.7 Å². The smallest absolute Gasteiger partial charge is 0.309 e. The molecule has 1 aromatic heterocycles. The van der Waals surface area contributed by atoms with E-state index < -0.39 is 5.97 Å². The van der Waals surface area contributed by atoms with E-state index in [-0.39, 0.29) is 22.1 Å². The van der Waals surface area contributed by atoms with Crippen molar-refractivity contribution in [3.8, 4) is 0 Å². The number of halogens is 2. The molecule has 0 aliphatic rings. The molecule has 2 aromatic carbocycles. The van der Waals surface area contributed by atoms with Crippen LogP contribution in [0.5, 0.6) is 0 Å². The number of thioether (sulfide) groups is 1. The Balaban J connectivity index is 1.93.